The van der Waals surface area contributed by atoms with Crippen molar-refractivity contribution < 1.29 is 14.0 Å². The Labute approximate surface area is 154 Å². The van der Waals surface area contributed by atoms with Crippen molar-refractivity contribution in [2.24, 2.45) is 0 Å². The molecule has 0 bridgehead atoms. The van der Waals surface area contributed by atoms with Crippen LogP contribution in [0.3, 0.4) is 0 Å². The summed E-state index contributed by atoms with van der Waals surface area (Å²) in [5.74, 6) is -0.262. The minimum Gasteiger partial charge on any atom is -0.341 e. The first-order chi connectivity index (χ1) is 12.6. The summed E-state index contributed by atoms with van der Waals surface area (Å²) in [6.45, 7) is 2.46. The van der Waals surface area contributed by atoms with Gasteiger partial charge >= 0.3 is 6.03 Å². The Kier molecular flexibility index (Phi) is 6.47. The summed E-state index contributed by atoms with van der Waals surface area (Å²) >= 11 is 0. The molecule has 1 aliphatic heterocycles. The second kappa shape index (κ2) is 9.01. The van der Waals surface area contributed by atoms with Gasteiger partial charge in [0, 0.05) is 32.2 Å². The van der Waals surface area contributed by atoms with Crippen LogP contribution >= 0.6 is 0 Å². The molecule has 5 nitrogen and oxygen atoms in total. The molecular weight excluding hydrogens is 333 g/mol. The minimum atomic E-state index is -0.296. The smallest absolute Gasteiger partial charge is 0.317 e. The molecule has 0 spiro atoms. The van der Waals surface area contributed by atoms with E-state index in [1.165, 1.54) is 31.4 Å². The first-order valence-corrected chi connectivity index (χ1v) is 9.69. The largest absolute Gasteiger partial charge is 0.341 e. The summed E-state index contributed by atoms with van der Waals surface area (Å²) < 4.78 is 13.0. The quantitative estimate of drug-likeness (QED) is 0.900. The predicted molar refractivity (Wildman–Crippen MR) is 98.3 cm³/mol. The summed E-state index contributed by atoms with van der Waals surface area (Å²) in [5.41, 5.74) is 0.813. The highest BCUT2D eigenvalue weighted by atomic mass is 19.1. The molecule has 0 atom stereocenters. The van der Waals surface area contributed by atoms with Gasteiger partial charge in [-0.05, 0) is 37.0 Å². The summed E-state index contributed by atoms with van der Waals surface area (Å²) in [6, 6.07) is 6.36. The molecular formula is C20H28FN3O2. The van der Waals surface area contributed by atoms with E-state index in [1.807, 2.05) is 9.80 Å². The van der Waals surface area contributed by atoms with E-state index in [4.69, 9.17) is 0 Å². The summed E-state index contributed by atoms with van der Waals surface area (Å²) in [4.78, 5) is 28.7. The molecule has 3 amide bonds. The first kappa shape index (κ1) is 18.7. The van der Waals surface area contributed by atoms with Crippen molar-refractivity contribution in [1.82, 2.24) is 15.1 Å². The lowest BCUT2D eigenvalue weighted by Crippen LogP contribution is -2.47. The SMILES string of the molecule is O=C(Cc1ccc(F)cc1)N1CCCN(C(=O)NC2CCCCC2)CC1. The highest BCUT2D eigenvalue weighted by Crippen LogP contribution is 2.18. The molecule has 0 unspecified atom stereocenters. The van der Waals surface area contributed by atoms with Gasteiger partial charge in [0.05, 0.1) is 6.42 Å². The molecule has 2 fully saturated rings. The minimum absolute atomic E-state index is 0.00438. The fourth-order valence-electron chi connectivity index (χ4n) is 3.77. The van der Waals surface area contributed by atoms with Crippen molar-refractivity contribution in [2.45, 2.75) is 51.0 Å². The zero-order valence-corrected chi connectivity index (χ0v) is 15.3. The van der Waals surface area contributed by atoms with Gasteiger partial charge in [-0.1, -0.05) is 31.4 Å². The van der Waals surface area contributed by atoms with Crippen molar-refractivity contribution in [3.05, 3.63) is 35.6 Å². The van der Waals surface area contributed by atoms with Gasteiger partial charge in [-0.2, -0.15) is 0 Å². The number of nitrogens with zero attached hydrogens (tertiary/aromatic N) is 2. The fraction of sp³-hybridized carbons (Fsp3) is 0.600. The maximum Gasteiger partial charge on any atom is 0.317 e. The number of urea groups is 1. The lowest BCUT2D eigenvalue weighted by Gasteiger charge is -2.27. The molecule has 6 heteroatoms. The van der Waals surface area contributed by atoms with Crippen LogP contribution in [0.15, 0.2) is 24.3 Å². The molecule has 2 aliphatic rings. The van der Waals surface area contributed by atoms with Gasteiger partial charge in [0.2, 0.25) is 5.91 Å². The van der Waals surface area contributed by atoms with Gasteiger partial charge in [0.15, 0.2) is 0 Å². The third-order valence-electron chi connectivity index (χ3n) is 5.34. The number of carbonyl (C=O) groups excluding carboxylic acids is 2. The van der Waals surface area contributed by atoms with Gasteiger partial charge in [-0.25, -0.2) is 9.18 Å². The van der Waals surface area contributed by atoms with Crippen molar-refractivity contribution in [3.8, 4) is 0 Å². The molecule has 142 valence electrons. The molecule has 1 aromatic carbocycles. The second-order valence-corrected chi connectivity index (χ2v) is 7.31. The molecule has 1 aliphatic carbocycles. The van der Waals surface area contributed by atoms with Crippen molar-refractivity contribution in [2.75, 3.05) is 26.2 Å². The van der Waals surface area contributed by atoms with Crippen LogP contribution in [0.4, 0.5) is 9.18 Å². The van der Waals surface area contributed by atoms with E-state index in [1.54, 1.807) is 12.1 Å². The Morgan fingerprint density at radius 3 is 2.31 bits per heavy atom. The first-order valence-electron chi connectivity index (χ1n) is 9.69. The maximum atomic E-state index is 13.0. The molecule has 0 radical (unpaired) electrons. The number of nitrogens with one attached hydrogen (secondary N) is 1. The van der Waals surface area contributed by atoms with Crippen LogP contribution in [0.2, 0.25) is 0 Å². The van der Waals surface area contributed by atoms with Gasteiger partial charge < -0.3 is 15.1 Å². The molecule has 3 rings (SSSR count). The lowest BCUT2D eigenvalue weighted by atomic mass is 9.96. The fourth-order valence-corrected chi connectivity index (χ4v) is 3.77. The highest BCUT2D eigenvalue weighted by Gasteiger charge is 2.24. The van der Waals surface area contributed by atoms with Crippen LogP contribution in [0.1, 0.15) is 44.1 Å². The van der Waals surface area contributed by atoms with Gasteiger partial charge in [-0.3, -0.25) is 4.79 Å². The predicted octanol–water partition coefficient (Wildman–Crippen LogP) is 2.94. The third kappa shape index (κ3) is 5.19. The maximum absolute atomic E-state index is 13.0. The monoisotopic (exact) mass is 361 g/mol. The average molecular weight is 361 g/mol. The summed E-state index contributed by atoms with van der Waals surface area (Å²) in [7, 11) is 0. The van der Waals surface area contributed by atoms with E-state index < -0.39 is 0 Å². The van der Waals surface area contributed by atoms with E-state index in [0.29, 0.717) is 32.2 Å². The molecule has 1 aromatic rings. The van der Waals surface area contributed by atoms with E-state index in [2.05, 4.69) is 5.32 Å². The van der Waals surface area contributed by atoms with Gasteiger partial charge in [0.1, 0.15) is 5.82 Å². The Balaban J connectivity index is 1.48. The van der Waals surface area contributed by atoms with Crippen LogP contribution in [-0.4, -0.2) is 54.0 Å². The Morgan fingerprint density at radius 1 is 0.923 bits per heavy atom. The molecule has 1 heterocycles. The summed E-state index contributed by atoms with van der Waals surface area (Å²) in [6.07, 6.45) is 6.85. The second-order valence-electron chi connectivity index (χ2n) is 7.31. The number of carbonyl (C=O) groups is 2. The normalized spacial score (nSPS) is 19.1. The Bertz CT molecular complexity index is 614. The van der Waals surface area contributed by atoms with E-state index in [9.17, 15) is 14.0 Å². The standard InChI is InChI=1S/C20H28FN3O2/c21-17-9-7-16(8-10-17)15-19(25)23-11-4-12-24(14-13-23)20(26)22-18-5-2-1-3-6-18/h7-10,18H,1-6,11-15H2,(H,22,26). The highest BCUT2D eigenvalue weighted by molar-refractivity contribution is 5.79. The topological polar surface area (TPSA) is 52.7 Å². The van der Waals surface area contributed by atoms with Crippen LogP contribution in [0, 0.1) is 5.82 Å². The van der Waals surface area contributed by atoms with Crippen LogP contribution in [-0.2, 0) is 11.2 Å². The molecule has 0 aromatic heterocycles. The number of halogens is 1. The van der Waals surface area contributed by atoms with Gasteiger partial charge in [0.25, 0.3) is 0 Å². The van der Waals surface area contributed by atoms with Gasteiger partial charge in [-0.15, -0.1) is 0 Å². The number of amides is 3. The van der Waals surface area contributed by atoms with E-state index in [0.717, 1.165) is 24.8 Å². The third-order valence-corrected chi connectivity index (χ3v) is 5.34. The van der Waals surface area contributed by atoms with Crippen molar-refractivity contribution >= 4 is 11.9 Å². The Hall–Kier alpha value is -2.11. The number of benzene rings is 1. The molecule has 26 heavy (non-hydrogen) atoms. The van der Waals surface area contributed by atoms with E-state index in [-0.39, 0.29) is 24.2 Å². The summed E-state index contributed by atoms with van der Waals surface area (Å²) in [5, 5.41) is 3.15. The lowest BCUT2D eigenvalue weighted by molar-refractivity contribution is -0.130. The zero-order chi connectivity index (χ0) is 18.4. The van der Waals surface area contributed by atoms with Crippen LogP contribution in [0.25, 0.3) is 0 Å². The van der Waals surface area contributed by atoms with Crippen LogP contribution < -0.4 is 5.32 Å². The molecule has 1 saturated heterocycles. The van der Waals surface area contributed by atoms with Crippen LogP contribution in [0.5, 0.6) is 0 Å². The number of hydrogen-bond donors (Lipinski definition) is 1. The molecule has 1 saturated carbocycles. The van der Waals surface area contributed by atoms with Crippen molar-refractivity contribution in [1.29, 1.82) is 0 Å². The number of hydrogen-bond acceptors (Lipinski definition) is 2. The van der Waals surface area contributed by atoms with E-state index >= 15 is 0 Å². The Morgan fingerprint density at radius 2 is 1.58 bits per heavy atom. The van der Waals surface area contributed by atoms with Crippen molar-refractivity contribution in [3.63, 3.8) is 0 Å². The zero-order valence-electron chi connectivity index (χ0n) is 15.3. The number of rotatable bonds is 3. The molecule has 1 N–H and O–H groups in total. The average Bonchev–Trinajstić information content (AvgIpc) is 2.91.